The molecule has 3 N–H and O–H groups in total. The van der Waals surface area contributed by atoms with Crippen LogP contribution in [-0.4, -0.2) is 28.2 Å². The van der Waals surface area contributed by atoms with Crippen molar-refractivity contribution in [3.63, 3.8) is 0 Å². The van der Waals surface area contributed by atoms with Gasteiger partial charge in [0, 0.05) is 14.2 Å². The molecule has 0 amide bonds. The minimum Gasteiger partial charge on any atom is -0.379 e. The molecule has 0 saturated carbocycles. The van der Waals surface area contributed by atoms with Gasteiger partial charge in [0.15, 0.2) is 4.60 Å². The lowest BCUT2D eigenvalue weighted by molar-refractivity contribution is -0.0140. The van der Waals surface area contributed by atoms with Gasteiger partial charge in [-0.15, -0.1) is 5.10 Å². The van der Waals surface area contributed by atoms with Gasteiger partial charge in [0.25, 0.3) is 0 Å². The van der Waals surface area contributed by atoms with Crippen LogP contribution >= 0.6 is 15.9 Å². The van der Waals surface area contributed by atoms with Crippen molar-refractivity contribution in [2.24, 2.45) is 18.3 Å². The van der Waals surface area contributed by atoms with Gasteiger partial charge in [-0.25, -0.2) is 10.1 Å². The summed E-state index contributed by atoms with van der Waals surface area (Å²) in [6.07, 6.45) is -0.0963. The van der Waals surface area contributed by atoms with Crippen LogP contribution in [0.3, 0.4) is 0 Å². The third-order valence-corrected chi connectivity index (χ3v) is 3.28. The molecule has 1 aromatic rings. The largest absolute Gasteiger partial charge is 0.379 e. The molecule has 2 atom stereocenters. The second kappa shape index (κ2) is 5.43. The van der Waals surface area contributed by atoms with Crippen molar-refractivity contribution < 1.29 is 4.74 Å². The molecule has 17 heavy (non-hydrogen) atoms. The predicted molar refractivity (Wildman–Crippen MR) is 69.0 cm³/mol. The SMILES string of the molecule is COC(C(NN)c1c(Br)nnn1C)C(C)(C)C. The van der Waals surface area contributed by atoms with Gasteiger partial charge < -0.3 is 4.74 Å². The van der Waals surface area contributed by atoms with E-state index in [1.54, 1.807) is 11.8 Å². The minimum atomic E-state index is -0.186. The van der Waals surface area contributed by atoms with E-state index in [1.807, 2.05) is 7.05 Å². The highest BCUT2D eigenvalue weighted by Gasteiger charge is 2.36. The first-order valence-corrected chi connectivity index (χ1v) is 6.16. The Hall–Kier alpha value is -0.500. The Bertz CT molecular complexity index is 354. The Morgan fingerprint density at radius 1 is 1.47 bits per heavy atom. The number of hydrogen-bond acceptors (Lipinski definition) is 5. The van der Waals surface area contributed by atoms with Crippen molar-refractivity contribution in [2.45, 2.75) is 32.9 Å². The first-order valence-electron chi connectivity index (χ1n) is 5.37. The molecule has 0 saturated heterocycles. The number of nitrogens with one attached hydrogen (secondary N) is 1. The number of aryl methyl sites for hydroxylation is 1. The van der Waals surface area contributed by atoms with Crippen LogP contribution in [0, 0.1) is 5.41 Å². The number of ether oxygens (including phenoxy) is 1. The zero-order chi connectivity index (χ0) is 13.2. The number of nitrogens with two attached hydrogens (primary N) is 1. The molecular formula is C10H20BrN5O. The van der Waals surface area contributed by atoms with Crippen molar-refractivity contribution in [2.75, 3.05) is 7.11 Å². The molecule has 0 bridgehead atoms. The molecule has 7 heteroatoms. The van der Waals surface area contributed by atoms with E-state index in [4.69, 9.17) is 10.6 Å². The first kappa shape index (κ1) is 14.6. The number of rotatable bonds is 4. The molecule has 0 radical (unpaired) electrons. The standard InChI is InChI=1S/C10H20BrN5O/c1-10(2,3)8(17-5)6(13-12)7-9(11)14-15-16(7)4/h6,8,13H,12H2,1-5H3. The topological polar surface area (TPSA) is 78.0 Å². The van der Waals surface area contributed by atoms with Crippen LogP contribution in [0.25, 0.3) is 0 Å². The second-order valence-corrected chi connectivity index (χ2v) is 5.81. The summed E-state index contributed by atoms with van der Waals surface area (Å²) in [5, 5.41) is 7.91. The minimum absolute atomic E-state index is 0.0600. The van der Waals surface area contributed by atoms with E-state index in [-0.39, 0.29) is 17.6 Å². The third-order valence-electron chi connectivity index (χ3n) is 2.71. The summed E-state index contributed by atoms with van der Waals surface area (Å²) >= 11 is 3.38. The van der Waals surface area contributed by atoms with E-state index < -0.39 is 0 Å². The van der Waals surface area contributed by atoms with E-state index in [1.165, 1.54) is 0 Å². The van der Waals surface area contributed by atoms with Gasteiger partial charge >= 0.3 is 0 Å². The molecule has 1 aromatic heterocycles. The van der Waals surface area contributed by atoms with Gasteiger partial charge in [-0.3, -0.25) is 5.84 Å². The fraction of sp³-hybridized carbons (Fsp3) is 0.800. The summed E-state index contributed by atoms with van der Waals surface area (Å²) in [4.78, 5) is 0. The highest BCUT2D eigenvalue weighted by Crippen LogP contribution is 2.33. The fourth-order valence-corrected chi connectivity index (χ4v) is 2.54. The summed E-state index contributed by atoms with van der Waals surface area (Å²) in [7, 11) is 3.50. The van der Waals surface area contributed by atoms with Gasteiger partial charge in [-0.2, -0.15) is 0 Å². The number of hydrazine groups is 1. The van der Waals surface area contributed by atoms with Crippen LogP contribution in [0.15, 0.2) is 4.60 Å². The molecule has 1 heterocycles. The van der Waals surface area contributed by atoms with E-state index in [9.17, 15) is 0 Å². The van der Waals surface area contributed by atoms with Gasteiger partial charge in [-0.05, 0) is 21.3 Å². The smallest absolute Gasteiger partial charge is 0.153 e. The Kier molecular flexibility index (Phi) is 4.65. The van der Waals surface area contributed by atoms with Crippen LogP contribution in [0.5, 0.6) is 0 Å². The van der Waals surface area contributed by atoms with Crippen LogP contribution < -0.4 is 11.3 Å². The molecule has 0 aliphatic rings. The summed E-state index contributed by atoms with van der Waals surface area (Å²) < 4.78 is 7.93. The molecule has 0 aliphatic heterocycles. The zero-order valence-corrected chi connectivity index (χ0v) is 12.4. The molecule has 0 spiro atoms. The maximum Gasteiger partial charge on any atom is 0.153 e. The van der Waals surface area contributed by atoms with Gasteiger partial charge in [0.1, 0.15) is 0 Å². The molecule has 98 valence electrons. The number of methoxy groups -OCH3 is 1. The third kappa shape index (κ3) is 3.04. The summed E-state index contributed by atoms with van der Waals surface area (Å²) in [6, 6.07) is -0.186. The van der Waals surface area contributed by atoms with Gasteiger partial charge in [0.2, 0.25) is 0 Å². The molecule has 1 rings (SSSR count). The molecule has 6 nitrogen and oxygen atoms in total. The predicted octanol–water partition coefficient (Wildman–Crippen LogP) is 1.14. The van der Waals surface area contributed by atoms with Crippen LogP contribution in [0.2, 0.25) is 0 Å². The van der Waals surface area contributed by atoms with Crippen LogP contribution in [0.1, 0.15) is 32.5 Å². The Morgan fingerprint density at radius 3 is 2.35 bits per heavy atom. The summed E-state index contributed by atoms with van der Waals surface area (Å²) in [5.74, 6) is 5.66. The van der Waals surface area contributed by atoms with Crippen molar-refractivity contribution in [3.05, 3.63) is 10.3 Å². The van der Waals surface area contributed by atoms with E-state index in [2.05, 4.69) is 52.4 Å². The van der Waals surface area contributed by atoms with E-state index in [0.29, 0.717) is 4.60 Å². The summed E-state index contributed by atoms with van der Waals surface area (Å²) in [5.41, 5.74) is 3.60. The maximum atomic E-state index is 5.66. The normalized spacial score (nSPS) is 15.9. The molecular weight excluding hydrogens is 286 g/mol. The Balaban J connectivity index is 3.15. The average Bonchev–Trinajstić information content (AvgIpc) is 2.54. The molecule has 0 fully saturated rings. The van der Waals surface area contributed by atoms with E-state index >= 15 is 0 Å². The maximum absolute atomic E-state index is 5.66. The molecule has 0 aliphatic carbocycles. The van der Waals surface area contributed by atoms with Crippen molar-refractivity contribution in [1.82, 2.24) is 20.4 Å². The average molecular weight is 306 g/mol. The quantitative estimate of drug-likeness (QED) is 0.644. The number of aromatic nitrogens is 3. The van der Waals surface area contributed by atoms with Crippen molar-refractivity contribution in [3.8, 4) is 0 Å². The molecule has 0 aromatic carbocycles. The summed E-state index contributed by atoms with van der Waals surface area (Å²) in [6.45, 7) is 6.30. The molecule has 2 unspecified atom stereocenters. The first-order chi connectivity index (χ1) is 7.82. The fourth-order valence-electron chi connectivity index (χ4n) is 1.97. The lowest BCUT2D eigenvalue weighted by atomic mass is 9.83. The highest BCUT2D eigenvalue weighted by molar-refractivity contribution is 9.10. The lowest BCUT2D eigenvalue weighted by Crippen LogP contribution is -2.45. The number of halogens is 1. The Morgan fingerprint density at radius 2 is 2.06 bits per heavy atom. The van der Waals surface area contributed by atoms with Crippen LogP contribution in [-0.2, 0) is 11.8 Å². The highest BCUT2D eigenvalue weighted by atomic mass is 79.9. The van der Waals surface area contributed by atoms with Crippen molar-refractivity contribution in [1.29, 1.82) is 0 Å². The van der Waals surface area contributed by atoms with E-state index in [0.717, 1.165) is 5.69 Å². The van der Waals surface area contributed by atoms with Gasteiger partial charge in [0.05, 0.1) is 17.8 Å². The Labute approximate surface area is 110 Å². The monoisotopic (exact) mass is 305 g/mol. The zero-order valence-electron chi connectivity index (χ0n) is 10.9. The lowest BCUT2D eigenvalue weighted by Gasteiger charge is -2.35. The van der Waals surface area contributed by atoms with Crippen LogP contribution in [0.4, 0.5) is 0 Å². The van der Waals surface area contributed by atoms with Crippen molar-refractivity contribution >= 4 is 15.9 Å². The number of nitrogens with zero attached hydrogens (tertiary/aromatic N) is 3. The van der Waals surface area contributed by atoms with Gasteiger partial charge in [-0.1, -0.05) is 26.0 Å². The number of hydrogen-bond donors (Lipinski definition) is 2. The second-order valence-electron chi connectivity index (χ2n) is 5.06.